The van der Waals surface area contributed by atoms with Gasteiger partial charge in [-0.05, 0) is 48.0 Å². The smallest absolute Gasteiger partial charge is 0.261 e. The van der Waals surface area contributed by atoms with Crippen molar-refractivity contribution in [2.24, 2.45) is 0 Å². The van der Waals surface area contributed by atoms with E-state index in [9.17, 15) is 19.5 Å². The largest absolute Gasteiger partial charge is 0.506 e. The number of amides is 3. The number of nitrogens with one attached hydrogen (secondary N) is 1. The molecule has 0 saturated heterocycles. The topological polar surface area (TPSA) is 105 Å². The number of aromatic hydroxyl groups is 1. The van der Waals surface area contributed by atoms with E-state index in [0.29, 0.717) is 11.5 Å². The molecule has 154 valence electrons. The molecule has 0 radical (unpaired) electrons. The summed E-state index contributed by atoms with van der Waals surface area (Å²) in [6, 6.07) is 15.9. The maximum Gasteiger partial charge on any atom is 0.261 e. The molecule has 2 aliphatic rings. The van der Waals surface area contributed by atoms with Crippen LogP contribution in [0, 0.1) is 0 Å². The number of fused-ring (bicyclic) bond motifs is 2. The minimum atomic E-state index is -0.501. The highest BCUT2D eigenvalue weighted by Gasteiger charge is 2.36. The van der Waals surface area contributed by atoms with Crippen LogP contribution >= 0.6 is 0 Å². The van der Waals surface area contributed by atoms with Gasteiger partial charge < -0.3 is 19.9 Å². The molecular formula is C23H16N2O6. The van der Waals surface area contributed by atoms with E-state index >= 15 is 0 Å². The van der Waals surface area contributed by atoms with E-state index in [-0.39, 0.29) is 41.5 Å². The van der Waals surface area contributed by atoms with Gasteiger partial charge in [-0.25, -0.2) is 0 Å². The monoisotopic (exact) mass is 416 g/mol. The van der Waals surface area contributed by atoms with E-state index in [2.05, 4.69) is 5.32 Å². The lowest BCUT2D eigenvalue weighted by atomic mass is 10.1. The second kappa shape index (κ2) is 7.17. The lowest BCUT2D eigenvalue weighted by Crippen LogP contribution is -2.29. The molecule has 8 heteroatoms. The Morgan fingerprint density at radius 2 is 1.71 bits per heavy atom. The van der Waals surface area contributed by atoms with Crippen molar-refractivity contribution >= 4 is 23.4 Å². The van der Waals surface area contributed by atoms with Crippen molar-refractivity contribution in [1.29, 1.82) is 0 Å². The number of para-hydroxylation sites is 2. The molecule has 0 atom stereocenters. The molecule has 3 amide bonds. The summed E-state index contributed by atoms with van der Waals surface area (Å²) in [5, 5.41) is 12.4. The van der Waals surface area contributed by atoms with Crippen LogP contribution in [0.5, 0.6) is 17.2 Å². The summed E-state index contributed by atoms with van der Waals surface area (Å²) in [7, 11) is 0. The van der Waals surface area contributed by atoms with Gasteiger partial charge in [-0.1, -0.05) is 18.2 Å². The molecule has 5 rings (SSSR count). The molecule has 2 aliphatic heterocycles. The molecule has 0 spiro atoms. The van der Waals surface area contributed by atoms with Crippen LogP contribution in [0.4, 0.5) is 5.69 Å². The standard InChI is InChI=1S/C23H16N2O6/c26-18-4-2-1-3-17(18)24-21(27)14-6-7-15-16(10-14)23(29)25(22(15)28)11-13-5-8-19-20(9-13)31-12-30-19/h1-10,26H,11-12H2,(H,24,27). The van der Waals surface area contributed by atoms with E-state index in [1.807, 2.05) is 0 Å². The quantitative estimate of drug-likeness (QED) is 0.500. The first kappa shape index (κ1) is 18.7. The number of rotatable bonds is 4. The van der Waals surface area contributed by atoms with Gasteiger partial charge in [0.1, 0.15) is 5.75 Å². The summed E-state index contributed by atoms with van der Waals surface area (Å²) in [5.41, 5.74) is 1.57. The van der Waals surface area contributed by atoms with Gasteiger partial charge in [-0.2, -0.15) is 0 Å². The number of anilines is 1. The first-order valence-electron chi connectivity index (χ1n) is 9.49. The Hall–Kier alpha value is -4.33. The Bertz CT molecular complexity index is 1250. The van der Waals surface area contributed by atoms with Gasteiger partial charge in [0.25, 0.3) is 17.7 Å². The SMILES string of the molecule is O=C(Nc1ccccc1O)c1ccc2c(c1)C(=O)N(Cc1ccc3c(c1)OCO3)C2=O. The molecule has 8 nitrogen and oxygen atoms in total. The number of carbonyl (C=O) groups is 3. The summed E-state index contributed by atoms with van der Waals surface area (Å²) < 4.78 is 10.6. The molecule has 3 aromatic rings. The third-order valence-electron chi connectivity index (χ3n) is 5.16. The Kier molecular flexibility index (Phi) is 4.32. The molecular weight excluding hydrogens is 400 g/mol. The van der Waals surface area contributed by atoms with Crippen LogP contribution in [-0.4, -0.2) is 34.5 Å². The summed E-state index contributed by atoms with van der Waals surface area (Å²) >= 11 is 0. The van der Waals surface area contributed by atoms with Crippen molar-refractivity contribution < 1.29 is 29.0 Å². The molecule has 0 aliphatic carbocycles. The number of carbonyl (C=O) groups excluding carboxylic acids is 3. The molecule has 3 aromatic carbocycles. The van der Waals surface area contributed by atoms with Gasteiger partial charge >= 0.3 is 0 Å². The number of benzene rings is 3. The molecule has 0 saturated carbocycles. The summed E-state index contributed by atoms with van der Waals surface area (Å²) in [6.07, 6.45) is 0. The van der Waals surface area contributed by atoms with Crippen molar-refractivity contribution in [3.8, 4) is 17.2 Å². The minimum Gasteiger partial charge on any atom is -0.506 e. The highest BCUT2D eigenvalue weighted by atomic mass is 16.7. The first-order valence-corrected chi connectivity index (χ1v) is 9.49. The van der Waals surface area contributed by atoms with E-state index in [4.69, 9.17) is 9.47 Å². The maximum absolute atomic E-state index is 12.9. The lowest BCUT2D eigenvalue weighted by Gasteiger charge is -2.14. The van der Waals surface area contributed by atoms with Crippen molar-refractivity contribution in [2.75, 3.05) is 12.1 Å². The minimum absolute atomic E-state index is 0.0711. The van der Waals surface area contributed by atoms with Crippen LogP contribution in [0.3, 0.4) is 0 Å². The van der Waals surface area contributed by atoms with Gasteiger partial charge in [0, 0.05) is 5.56 Å². The Labute approximate surface area is 176 Å². The molecule has 31 heavy (non-hydrogen) atoms. The van der Waals surface area contributed by atoms with E-state index in [0.717, 1.165) is 10.5 Å². The molecule has 2 heterocycles. The van der Waals surface area contributed by atoms with Crippen LogP contribution in [0.2, 0.25) is 0 Å². The highest BCUT2D eigenvalue weighted by molar-refractivity contribution is 6.22. The average Bonchev–Trinajstić information content (AvgIpc) is 3.33. The predicted octanol–water partition coefficient (Wildman–Crippen LogP) is 3.17. The maximum atomic E-state index is 12.9. The zero-order valence-electron chi connectivity index (χ0n) is 16.1. The van der Waals surface area contributed by atoms with Crippen molar-refractivity contribution in [2.45, 2.75) is 6.54 Å². The Balaban J connectivity index is 1.38. The van der Waals surface area contributed by atoms with Crippen LogP contribution in [0.15, 0.2) is 60.7 Å². The van der Waals surface area contributed by atoms with E-state index < -0.39 is 17.7 Å². The fourth-order valence-electron chi connectivity index (χ4n) is 3.57. The number of nitrogens with zero attached hydrogens (tertiary/aromatic N) is 1. The fourth-order valence-corrected chi connectivity index (χ4v) is 3.57. The molecule has 0 bridgehead atoms. The second-order valence-corrected chi connectivity index (χ2v) is 7.12. The predicted molar refractivity (Wildman–Crippen MR) is 109 cm³/mol. The van der Waals surface area contributed by atoms with Gasteiger partial charge in [0.05, 0.1) is 23.4 Å². The fraction of sp³-hybridized carbons (Fsp3) is 0.0870. The molecule has 0 fully saturated rings. The molecule has 0 aromatic heterocycles. The second-order valence-electron chi connectivity index (χ2n) is 7.12. The Morgan fingerprint density at radius 3 is 2.55 bits per heavy atom. The molecule has 0 unspecified atom stereocenters. The van der Waals surface area contributed by atoms with Gasteiger partial charge in [-0.3, -0.25) is 19.3 Å². The van der Waals surface area contributed by atoms with Crippen LogP contribution in [0.25, 0.3) is 0 Å². The van der Waals surface area contributed by atoms with E-state index in [1.54, 1.807) is 36.4 Å². The zero-order valence-corrected chi connectivity index (χ0v) is 16.1. The third kappa shape index (κ3) is 3.24. The van der Waals surface area contributed by atoms with Crippen LogP contribution in [-0.2, 0) is 6.54 Å². The van der Waals surface area contributed by atoms with E-state index in [1.165, 1.54) is 24.3 Å². The van der Waals surface area contributed by atoms with Crippen molar-refractivity contribution in [1.82, 2.24) is 4.90 Å². The summed E-state index contributed by atoms with van der Waals surface area (Å²) in [6.45, 7) is 0.208. The average molecular weight is 416 g/mol. The molecule has 2 N–H and O–H groups in total. The zero-order chi connectivity index (χ0) is 21.5. The van der Waals surface area contributed by atoms with Gasteiger partial charge in [0.2, 0.25) is 6.79 Å². The van der Waals surface area contributed by atoms with Crippen molar-refractivity contribution in [3.63, 3.8) is 0 Å². The third-order valence-corrected chi connectivity index (χ3v) is 5.16. The Morgan fingerprint density at radius 1 is 0.935 bits per heavy atom. The number of imide groups is 1. The summed E-state index contributed by atoms with van der Waals surface area (Å²) in [4.78, 5) is 39.4. The van der Waals surface area contributed by atoms with Crippen molar-refractivity contribution in [3.05, 3.63) is 82.9 Å². The van der Waals surface area contributed by atoms with Gasteiger partial charge in [0.15, 0.2) is 11.5 Å². The lowest BCUT2D eigenvalue weighted by molar-refractivity contribution is 0.0642. The normalized spacial score (nSPS) is 14.0. The van der Waals surface area contributed by atoms with Gasteiger partial charge in [-0.15, -0.1) is 0 Å². The number of phenolic OH excluding ortho intramolecular Hbond substituents is 1. The number of hydrogen-bond acceptors (Lipinski definition) is 6. The first-order chi connectivity index (χ1) is 15.0. The number of phenols is 1. The van der Waals surface area contributed by atoms with Crippen LogP contribution in [0.1, 0.15) is 36.6 Å². The summed E-state index contributed by atoms with van der Waals surface area (Å²) in [5.74, 6) is -0.291. The van der Waals surface area contributed by atoms with Crippen LogP contribution < -0.4 is 14.8 Å². The number of hydrogen-bond donors (Lipinski definition) is 2. The highest BCUT2D eigenvalue weighted by Crippen LogP contribution is 2.34. The number of ether oxygens (including phenoxy) is 2.